The van der Waals surface area contributed by atoms with Crippen LogP contribution in [0.5, 0.6) is 0 Å². The van der Waals surface area contributed by atoms with Crippen LogP contribution in [0.25, 0.3) is 0 Å². The van der Waals surface area contributed by atoms with Crippen LogP contribution >= 0.6 is 0 Å². The summed E-state index contributed by atoms with van der Waals surface area (Å²) in [6, 6.07) is 0. The number of ketones is 2. The molecule has 148 valence electrons. The molecule has 0 saturated heterocycles. The Morgan fingerprint density at radius 3 is 2.48 bits per heavy atom. The Morgan fingerprint density at radius 2 is 1.78 bits per heavy atom. The number of hydrogen-bond acceptors (Lipinski definition) is 3. The van der Waals surface area contributed by atoms with Gasteiger partial charge < -0.3 is 4.74 Å². The van der Waals surface area contributed by atoms with E-state index in [9.17, 15) is 9.59 Å². The summed E-state index contributed by atoms with van der Waals surface area (Å²) in [6.07, 6.45) is 9.20. The van der Waals surface area contributed by atoms with Crippen LogP contribution < -0.4 is 0 Å². The molecule has 4 unspecified atom stereocenters. The molecule has 0 spiro atoms. The van der Waals surface area contributed by atoms with Crippen LogP contribution in [0.3, 0.4) is 0 Å². The molecular weight excluding hydrogens is 336 g/mol. The summed E-state index contributed by atoms with van der Waals surface area (Å²) in [5.74, 6) is 1.40. The van der Waals surface area contributed by atoms with E-state index < -0.39 is 0 Å². The summed E-state index contributed by atoms with van der Waals surface area (Å²) in [7, 11) is 0. The lowest BCUT2D eigenvalue weighted by molar-refractivity contribution is -0.137. The second-order valence-electron chi connectivity index (χ2n) is 10.6. The first kappa shape index (κ1) is 19.0. The number of hydrogen-bond donors (Lipinski definition) is 0. The lowest BCUT2D eigenvalue weighted by atomic mass is 9.40. The summed E-state index contributed by atoms with van der Waals surface area (Å²) < 4.78 is 5.50. The van der Waals surface area contributed by atoms with Crippen LogP contribution in [0.4, 0.5) is 0 Å². The zero-order valence-electron chi connectivity index (χ0n) is 17.6. The molecule has 0 aromatic carbocycles. The average molecular weight is 371 g/mol. The fraction of sp³-hybridized carbons (Fsp3) is 0.750. The van der Waals surface area contributed by atoms with Gasteiger partial charge in [0.1, 0.15) is 0 Å². The van der Waals surface area contributed by atoms with Gasteiger partial charge in [-0.05, 0) is 73.5 Å². The van der Waals surface area contributed by atoms with Gasteiger partial charge >= 0.3 is 0 Å². The number of ether oxygens (including phenoxy) is 1. The minimum atomic E-state index is -0.0331. The van der Waals surface area contributed by atoms with Gasteiger partial charge in [-0.15, -0.1) is 0 Å². The lowest BCUT2D eigenvalue weighted by Crippen LogP contribution is -2.56. The third kappa shape index (κ3) is 2.68. The second-order valence-corrected chi connectivity index (χ2v) is 10.6. The van der Waals surface area contributed by atoms with Crippen molar-refractivity contribution in [1.29, 1.82) is 0 Å². The topological polar surface area (TPSA) is 43.4 Å². The van der Waals surface area contributed by atoms with Gasteiger partial charge in [-0.2, -0.15) is 0 Å². The maximum atomic E-state index is 13.1. The molecule has 0 amide bonds. The molecule has 27 heavy (non-hydrogen) atoms. The van der Waals surface area contributed by atoms with Crippen molar-refractivity contribution in [2.45, 2.75) is 79.6 Å². The summed E-state index contributed by atoms with van der Waals surface area (Å²) in [5, 5.41) is 0. The molecule has 0 aromatic rings. The highest BCUT2D eigenvalue weighted by atomic mass is 16.5. The second kappa shape index (κ2) is 6.06. The maximum absolute atomic E-state index is 13.1. The Kier molecular flexibility index (Phi) is 4.25. The Labute approximate surface area is 163 Å². The van der Waals surface area contributed by atoms with E-state index in [4.69, 9.17) is 4.74 Å². The van der Waals surface area contributed by atoms with Crippen molar-refractivity contribution in [3.8, 4) is 0 Å². The van der Waals surface area contributed by atoms with E-state index >= 15 is 0 Å². The van der Waals surface area contributed by atoms with Gasteiger partial charge in [-0.3, -0.25) is 9.59 Å². The van der Waals surface area contributed by atoms with Crippen LogP contribution in [0, 0.1) is 28.1 Å². The molecule has 3 nitrogen and oxygen atoms in total. The molecule has 0 bridgehead atoms. The highest BCUT2D eigenvalue weighted by Crippen LogP contribution is 2.68. The molecule has 2 saturated carbocycles. The molecule has 4 rings (SSSR count). The molecular formula is C24H34O3. The normalized spacial score (nSPS) is 40.7. The van der Waals surface area contributed by atoms with Gasteiger partial charge in [0, 0.05) is 17.2 Å². The summed E-state index contributed by atoms with van der Waals surface area (Å²) >= 11 is 0. The van der Waals surface area contributed by atoms with Crippen molar-refractivity contribution in [3.63, 3.8) is 0 Å². The Hall–Kier alpha value is -1.38. The van der Waals surface area contributed by atoms with Gasteiger partial charge in [-0.1, -0.05) is 34.1 Å². The summed E-state index contributed by atoms with van der Waals surface area (Å²) in [4.78, 5) is 25.8. The van der Waals surface area contributed by atoms with E-state index in [1.54, 1.807) is 0 Å². The molecule has 0 radical (unpaired) electrons. The van der Waals surface area contributed by atoms with Gasteiger partial charge in [-0.25, -0.2) is 0 Å². The maximum Gasteiger partial charge on any atom is 0.224 e. The smallest absolute Gasteiger partial charge is 0.224 e. The van der Waals surface area contributed by atoms with Crippen molar-refractivity contribution in [1.82, 2.24) is 0 Å². The van der Waals surface area contributed by atoms with Crippen molar-refractivity contribution in [3.05, 3.63) is 23.0 Å². The van der Waals surface area contributed by atoms with E-state index in [2.05, 4.69) is 27.7 Å². The molecule has 3 heteroatoms. The Morgan fingerprint density at radius 1 is 1.04 bits per heavy atom. The minimum Gasteiger partial charge on any atom is -0.490 e. The van der Waals surface area contributed by atoms with Crippen molar-refractivity contribution >= 4 is 11.6 Å². The van der Waals surface area contributed by atoms with E-state index in [0.29, 0.717) is 23.9 Å². The molecule has 0 heterocycles. The molecule has 2 fully saturated rings. The van der Waals surface area contributed by atoms with Crippen LogP contribution in [0.15, 0.2) is 23.0 Å². The fourth-order valence-corrected chi connectivity index (χ4v) is 7.43. The van der Waals surface area contributed by atoms with Gasteiger partial charge in [0.25, 0.3) is 0 Å². The zero-order chi connectivity index (χ0) is 19.6. The standard InChI is InChI=1S/C24H34O3/c1-6-27-18-13-17(25)16-14-23(4)11-8-19-22(2,3)9-7-10-24(19,5)20(23)12-15(16)21(18)26/h13,19-20H,6-12,14H2,1-5H3. The van der Waals surface area contributed by atoms with Crippen molar-refractivity contribution < 1.29 is 14.3 Å². The molecule has 0 aromatic heterocycles. The van der Waals surface area contributed by atoms with Gasteiger partial charge in [0.05, 0.1) is 6.61 Å². The quantitative estimate of drug-likeness (QED) is 0.611. The number of rotatable bonds is 2. The first-order chi connectivity index (χ1) is 12.6. The van der Waals surface area contributed by atoms with Gasteiger partial charge in [0.15, 0.2) is 11.5 Å². The third-order valence-corrected chi connectivity index (χ3v) is 8.63. The number of allylic oxidation sites excluding steroid dienone is 3. The first-order valence-corrected chi connectivity index (χ1v) is 10.8. The predicted molar refractivity (Wildman–Crippen MR) is 106 cm³/mol. The van der Waals surface area contributed by atoms with Crippen LogP contribution in [-0.4, -0.2) is 18.2 Å². The Balaban J connectivity index is 1.74. The molecule has 0 aliphatic heterocycles. The third-order valence-electron chi connectivity index (χ3n) is 8.63. The van der Waals surface area contributed by atoms with Crippen molar-refractivity contribution in [2.75, 3.05) is 6.61 Å². The lowest BCUT2D eigenvalue weighted by Gasteiger charge is -2.64. The fourth-order valence-electron chi connectivity index (χ4n) is 7.43. The zero-order valence-corrected chi connectivity index (χ0v) is 17.6. The minimum absolute atomic E-state index is 0.00368. The molecule has 4 atom stereocenters. The monoisotopic (exact) mass is 370 g/mol. The van der Waals surface area contributed by atoms with Crippen LogP contribution in [0.1, 0.15) is 79.6 Å². The largest absolute Gasteiger partial charge is 0.490 e. The highest BCUT2D eigenvalue weighted by molar-refractivity contribution is 6.22. The molecule has 4 aliphatic rings. The van der Waals surface area contributed by atoms with E-state index in [1.165, 1.54) is 38.2 Å². The van der Waals surface area contributed by atoms with Crippen molar-refractivity contribution in [2.24, 2.45) is 28.1 Å². The SMILES string of the molecule is CCOC1=CC(=O)C2=C(CC3C(C)(CCC4C(C)(C)CCCC43C)C2)C1=O. The Bertz CT molecular complexity index is 756. The van der Waals surface area contributed by atoms with E-state index in [-0.39, 0.29) is 28.2 Å². The number of fused-ring (bicyclic) bond motifs is 3. The van der Waals surface area contributed by atoms with Crippen LogP contribution in [-0.2, 0) is 14.3 Å². The van der Waals surface area contributed by atoms with Crippen LogP contribution in [0.2, 0.25) is 0 Å². The number of Topliss-reactive ketones (excluding diaryl/α,β-unsaturated/α-hetero) is 1. The predicted octanol–water partition coefficient (Wildman–Crippen LogP) is 5.40. The van der Waals surface area contributed by atoms with E-state index in [1.807, 2.05) is 6.92 Å². The highest BCUT2D eigenvalue weighted by Gasteiger charge is 2.60. The first-order valence-electron chi connectivity index (χ1n) is 10.8. The number of carbonyl (C=O) groups is 2. The summed E-state index contributed by atoms with van der Waals surface area (Å²) in [5.41, 5.74) is 2.29. The number of carbonyl (C=O) groups excluding carboxylic acids is 2. The molecule has 0 N–H and O–H groups in total. The van der Waals surface area contributed by atoms with E-state index in [0.717, 1.165) is 24.0 Å². The molecule has 4 aliphatic carbocycles. The summed E-state index contributed by atoms with van der Waals surface area (Å²) in [6.45, 7) is 12.0. The van der Waals surface area contributed by atoms with Gasteiger partial charge in [0.2, 0.25) is 5.78 Å². The average Bonchev–Trinajstić information content (AvgIpc) is 2.57.